The van der Waals surface area contributed by atoms with E-state index in [0.717, 1.165) is 37.5 Å². The third-order valence-corrected chi connectivity index (χ3v) is 9.21. The molecule has 0 saturated carbocycles. The Morgan fingerprint density at radius 1 is 0.933 bits per heavy atom. The Balaban J connectivity index is 1.41. The Morgan fingerprint density at radius 2 is 1.63 bits per heavy atom. The second-order valence-corrected chi connectivity index (χ2v) is 10.9. The van der Waals surface area contributed by atoms with Crippen molar-refractivity contribution in [2.24, 2.45) is 5.14 Å². The van der Waals surface area contributed by atoms with E-state index in [4.69, 9.17) is 9.88 Å². The van der Waals surface area contributed by atoms with Gasteiger partial charge in [-0.25, -0.2) is 0 Å². The van der Waals surface area contributed by atoms with Gasteiger partial charge in [-0.1, -0.05) is 18.2 Å². The van der Waals surface area contributed by atoms with Gasteiger partial charge in [-0.2, -0.15) is 0 Å². The molecule has 5 heteroatoms. The predicted molar refractivity (Wildman–Crippen MR) is 127 cm³/mol. The van der Waals surface area contributed by atoms with E-state index < -0.39 is 10.2 Å². The molecular weight excluding hydrogens is 390 g/mol. The molecule has 3 aliphatic heterocycles. The summed E-state index contributed by atoms with van der Waals surface area (Å²) < 4.78 is 6.23. The van der Waals surface area contributed by atoms with Crippen molar-refractivity contribution < 1.29 is 4.74 Å². The van der Waals surface area contributed by atoms with E-state index in [9.17, 15) is 0 Å². The molecule has 4 nitrogen and oxygen atoms in total. The first-order chi connectivity index (χ1) is 14.5. The van der Waals surface area contributed by atoms with Crippen molar-refractivity contribution >= 4 is 21.7 Å². The van der Waals surface area contributed by atoms with Crippen LogP contribution in [0.15, 0.2) is 87.0 Å². The number of rotatable bonds is 3. The Bertz CT molecular complexity index is 1030. The molecule has 0 bridgehead atoms. The lowest BCUT2D eigenvalue weighted by atomic mass is 10.0. The summed E-state index contributed by atoms with van der Waals surface area (Å²) in [6.45, 7) is 7.10. The summed E-state index contributed by atoms with van der Waals surface area (Å²) in [5, 5.41) is 9.21. The van der Waals surface area contributed by atoms with Crippen LogP contribution in [-0.4, -0.2) is 44.7 Å². The fraction of sp³-hybridized carbons (Fsp3) is 0.280. The largest absolute Gasteiger partial charge is 0.488 e. The molecule has 0 aromatic heterocycles. The summed E-state index contributed by atoms with van der Waals surface area (Å²) in [6, 6.07) is 19.2. The molecule has 2 aromatic carbocycles. The summed E-state index contributed by atoms with van der Waals surface area (Å²) >= 11 is 0. The molecule has 2 N–H and O–H groups in total. The van der Waals surface area contributed by atoms with Crippen LogP contribution in [0.2, 0.25) is 0 Å². The molecule has 3 heterocycles. The summed E-state index contributed by atoms with van der Waals surface area (Å²) in [5.74, 6) is 0.933. The second-order valence-electron chi connectivity index (χ2n) is 8.29. The molecular formula is C25H29N3OS. The molecule has 0 amide bonds. The third-order valence-electron chi connectivity index (χ3n) is 6.28. The molecule has 30 heavy (non-hydrogen) atoms. The van der Waals surface area contributed by atoms with Crippen molar-refractivity contribution in [2.75, 3.05) is 44.7 Å². The van der Waals surface area contributed by atoms with Crippen LogP contribution < -0.4 is 10.0 Å². The number of piperazine rings is 1. The fourth-order valence-corrected chi connectivity index (χ4v) is 7.12. The van der Waals surface area contributed by atoms with Crippen LogP contribution in [0.4, 0.5) is 5.69 Å². The first-order valence-corrected chi connectivity index (χ1v) is 12.3. The highest BCUT2D eigenvalue weighted by Gasteiger charge is 2.35. The minimum atomic E-state index is -1.63. The maximum atomic E-state index is 6.95. The number of hydrogen-bond acceptors (Lipinski definition) is 4. The number of nitrogens with zero attached hydrogens (tertiary/aromatic N) is 2. The average molecular weight is 420 g/mol. The van der Waals surface area contributed by atoms with E-state index >= 15 is 0 Å². The molecule has 0 aliphatic carbocycles. The van der Waals surface area contributed by atoms with E-state index in [1.54, 1.807) is 0 Å². The van der Waals surface area contributed by atoms with Gasteiger partial charge in [0.15, 0.2) is 0 Å². The first kappa shape index (κ1) is 19.5. The first-order valence-electron chi connectivity index (χ1n) is 10.5. The molecule has 0 radical (unpaired) electrons. The average Bonchev–Trinajstić information content (AvgIpc) is 3.06. The van der Waals surface area contributed by atoms with Crippen molar-refractivity contribution in [1.29, 1.82) is 0 Å². The Morgan fingerprint density at radius 3 is 2.33 bits per heavy atom. The highest BCUT2D eigenvalue weighted by molar-refractivity contribution is 8.37. The van der Waals surface area contributed by atoms with Gasteiger partial charge in [0.05, 0.1) is 0 Å². The molecule has 1 unspecified atom stereocenters. The van der Waals surface area contributed by atoms with Gasteiger partial charge in [0.25, 0.3) is 0 Å². The van der Waals surface area contributed by atoms with Crippen LogP contribution in [0.25, 0.3) is 5.76 Å². The van der Waals surface area contributed by atoms with E-state index in [1.807, 2.05) is 6.07 Å². The maximum absolute atomic E-state index is 6.95. The van der Waals surface area contributed by atoms with Crippen LogP contribution >= 0.6 is 10.2 Å². The topological polar surface area (TPSA) is 41.7 Å². The lowest BCUT2D eigenvalue weighted by Crippen LogP contribution is -2.44. The number of allylic oxidation sites excluding steroid dienone is 3. The highest BCUT2D eigenvalue weighted by Crippen LogP contribution is 2.64. The molecule has 5 rings (SSSR count). The molecule has 3 aliphatic rings. The summed E-state index contributed by atoms with van der Waals surface area (Å²) in [7, 11) is 0.559. The Kier molecular flexibility index (Phi) is 4.97. The molecule has 1 saturated heterocycles. The summed E-state index contributed by atoms with van der Waals surface area (Å²) in [5.41, 5.74) is 4.91. The number of nitrogens with two attached hydrogens (primary N) is 1. The smallest absolute Gasteiger partial charge is 0.127 e. The lowest BCUT2D eigenvalue weighted by molar-refractivity contribution is 0.311. The molecule has 2 aromatic rings. The fourth-order valence-electron chi connectivity index (χ4n) is 4.42. The van der Waals surface area contributed by atoms with Gasteiger partial charge in [0.2, 0.25) is 0 Å². The third kappa shape index (κ3) is 3.37. The Hall–Kier alpha value is -2.47. The molecule has 1 atom stereocenters. The van der Waals surface area contributed by atoms with Crippen molar-refractivity contribution in [2.45, 2.75) is 11.8 Å². The molecule has 0 spiro atoms. The van der Waals surface area contributed by atoms with Gasteiger partial charge in [0, 0.05) is 47.2 Å². The van der Waals surface area contributed by atoms with Crippen molar-refractivity contribution in [3.63, 3.8) is 0 Å². The second kappa shape index (κ2) is 7.65. The zero-order valence-corrected chi connectivity index (χ0v) is 18.5. The van der Waals surface area contributed by atoms with Crippen LogP contribution in [0.3, 0.4) is 0 Å². The highest BCUT2D eigenvalue weighted by atomic mass is 32.3. The summed E-state index contributed by atoms with van der Waals surface area (Å²) in [4.78, 5) is 7.25. The van der Waals surface area contributed by atoms with Gasteiger partial charge in [0.1, 0.15) is 12.4 Å². The normalized spacial score (nSPS) is 26.4. The van der Waals surface area contributed by atoms with Gasteiger partial charge in [-0.05, 0) is 73.0 Å². The van der Waals surface area contributed by atoms with Crippen LogP contribution in [-0.2, 0) is 4.74 Å². The SMILES string of the molecule is CC1=CS(N)(c2ccccc2)C2=C1C=C(c1ccc(N3CCN(C)CC3)cc1)OC2. The van der Waals surface area contributed by atoms with Crippen molar-refractivity contribution in [3.8, 4) is 0 Å². The van der Waals surface area contributed by atoms with Crippen LogP contribution in [0.1, 0.15) is 12.5 Å². The minimum Gasteiger partial charge on any atom is -0.488 e. The van der Waals surface area contributed by atoms with Gasteiger partial charge < -0.3 is 14.5 Å². The predicted octanol–water partition coefficient (Wildman–Crippen LogP) is 4.72. The number of likely N-dealkylation sites (N-methyl/N-ethyl adjacent to an activating group) is 1. The van der Waals surface area contributed by atoms with Crippen molar-refractivity contribution in [1.82, 2.24) is 4.90 Å². The lowest BCUT2D eigenvalue weighted by Gasteiger charge is -2.35. The van der Waals surface area contributed by atoms with Gasteiger partial charge in [-0.15, -0.1) is 10.2 Å². The summed E-state index contributed by atoms with van der Waals surface area (Å²) in [6.07, 6.45) is 2.18. The quantitative estimate of drug-likeness (QED) is 0.782. The maximum Gasteiger partial charge on any atom is 0.127 e. The van der Waals surface area contributed by atoms with E-state index in [0.29, 0.717) is 6.61 Å². The zero-order valence-electron chi connectivity index (χ0n) is 17.7. The number of benzene rings is 2. The number of ether oxygens (including phenoxy) is 1. The molecule has 1 fully saturated rings. The number of anilines is 1. The van der Waals surface area contributed by atoms with E-state index in [1.165, 1.54) is 26.6 Å². The van der Waals surface area contributed by atoms with E-state index in [2.05, 4.69) is 83.8 Å². The van der Waals surface area contributed by atoms with Gasteiger partial charge in [-0.3, -0.25) is 5.14 Å². The zero-order chi connectivity index (χ0) is 20.7. The molecule has 156 valence electrons. The monoisotopic (exact) mass is 419 g/mol. The van der Waals surface area contributed by atoms with Crippen molar-refractivity contribution in [3.05, 3.63) is 87.7 Å². The van der Waals surface area contributed by atoms with Crippen LogP contribution in [0, 0.1) is 0 Å². The van der Waals surface area contributed by atoms with Gasteiger partial charge >= 0.3 is 0 Å². The van der Waals surface area contributed by atoms with Crippen LogP contribution in [0.5, 0.6) is 0 Å². The Labute approximate surface area is 180 Å². The standard InChI is InChI=1S/C25H29N3OS/c1-19-18-30(26,22-6-4-3-5-7-22)25-17-29-24(16-23(19)25)20-8-10-21(11-9-20)28-14-12-27(2)13-15-28/h3-11,16,18H,12-15,17,26H2,1-2H3. The number of hydrogen-bond donors (Lipinski definition) is 1. The minimum absolute atomic E-state index is 0.552. The van der Waals surface area contributed by atoms with E-state index in [-0.39, 0.29) is 0 Å².